The Labute approximate surface area is 107 Å². The molecule has 0 bridgehead atoms. The maximum atomic E-state index is 11.6. The zero-order valence-corrected chi connectivity index (χ0v) is 9.89. The minimum Gasteiger partial charge on any atom is -0.394 e. The Morgan fingerprint density at radius 2 is 2.26 bits per heavy atom. The summed E-state index contributed by atoms with van der Waals surface area (Å²) in [4.78, 5) is 27.8. The van der Waals surface area contributed by atoms with Crippen LogP contribution >= 0.6 is 0 Å². The number of nitrogens with zero attached hydrogens (tertiary/aromatic N) is 2. The maximum Gasteiger partial charge on any atom is 0.330 e. The number of hydrogen-bond donors (Lipinski definition) is 3. The molecule has 1 aliphatic heterocycles. The van der Waals surface area contributed by atoms with Crippen LogP contribution in [0.2, 0.25) is 0 Å². The molecule has 19 heavy (non-hydrogen) atoms. The van der Waals surface area contributed by atoms with Crippen LogP contribution in [0.25, 0.3) is 4.85 Å². The third-order valence-electron chi connectivity index (χ3n) is 3.13. The second kappa shape index (κ2) is 5.36. The van der Waals surface area contributed by atoms with Gasteiger partial charge in [-0.3, -0.25) is 14.3 Å². The van der Waals surface area contributed by atoms with E-state index in [1.54, 1.807) is 0 Å². The molecule has 0 aromatic carbocycles. The number of aliphatic hydroxyl groups excluding tert-OH is 2. The Morgan fingerprint density at radius 1 is 1.53 bits per heavy atom. The lowest BCUT2D eigenvalue weighted by Crippen LogP contribution is -2.36. The third kappa shape index (κ3) is 2.44. The van der Waals surface area contributed by atoms with Crippen LogP contribution in [0.15, 0.2) is 21.9 Å². The Kier molecular flexibility index (Phi) is 3.80. The molecule has 1 aromatic rings. The molecule has 8 heteroatoms. The Morgan fingerprint density at radius 3 is 2.84 bits per heavy atom. The van der Waals surface area contributed by atoms with Gasteiger partial charge in [-0.05, 0) is 0 Å². The van der Waals surface area contributed by atoms with Gasteiger partial charge in [0.15, 0.2) is 6.23 Å². The average Bonchev–Trinajstić information content (AvgIpc) is 2.68. The molecular formula is C11H13N3O5. The van der Waals surface area contributed by atoms with Gasteiger partial charge in [-0.25, -0.2) is 11.4 Å². The van der Waals surface area contributed by atoms with Crippen molar-refractivity contribution in [1.29, 1.82) is 0 Å². The monoisotopic (exact) mass is 267 g/mol. The van der Waals surface area contributed by atoms with E-state index in [0.29, 0.717) is 0 Å². The second-order valence-electron chi connectivity index (χ2n) is 4.26. The van der Waals surface area contributed by atoms with Gasteiger partial charge in [-0.15, -0.1) is 0 Å². The summed E-state index contributed by atoms with van der Waals surface area (Å²) in [5.74, 6) is -0.577. The van der Waals surface area contributed by atoms with E-state index in [0.717, 1.165) is 10.6 Å². The Hall–Kier alpha value is -1.95. The van der Waals surface area contributed by atoms with E-state index in [9.17, 15) is 19.8 Å². The molecule has 0 radical (unpaired) electrons. The smallest absolute Gasteiger partial charge is 0.330 e. The van der Waals surface area contributed by atoms with Gasteiger partial charge in [0.2, 0.25) is 6.54 Å². The summed E-state index contributed by atoms with van der Waals surface area (Å²) in [6, 6.07) is 1.13. The SMILES string of the molecule is [C-]#[N+]C[C@H]1[C@@H](O)[C@H](n2ccc(=O)[nH]c2=O)O[C@@H]1CO. The molecular weight excluding hydrogens is 254 g/mol. The molecule has 2 rings (SSSR count). The van der Waals surface area contributed by atoms with Gasteiger partial charge in [0, 0.05) is 12.3 Å². The predicted molar refractivity (Wildman–Crippen MR) is 63.3 cm³/mol. The molecule has 0 unspecified atom stereocenters. The quantitative estimate of drug-likeness (QED) is 0.567. The van der Waals surface area contributed by atoms with Crippen molar-refractivity contribution in [2.24, 2.45) is 5.92 Å². The zero-order valence-electron chi connectivity index (χ0n) is 9.89. The minimum absolute atomic E-state index is 0.0129. The van der Waals surface area contributed by atoms with Gasteiger partial charge in [0.05, 0.1) is 18.6 Å². The number of aliphatic hydroxyl groups is 2. The molecule has 0 spiro atoms. The standard InChI is InChI=1S/C11H13N3O5/c1-12-4-6-7(5-15)19-10(9(6)17)14-3-2-8(16)13-11(14)18/h2-3,6-7,9-10,15,17H,4-5H2,(H,13,16,18)/t6-,7-,9-,10-/m1/s1. The minimum atomic E-state index is -1.10. The largest absolute Gasteiger partial charge is 0.394 e. The highest BCUT2D eigenvalue weighted by molar-refractivity contribution is 4.95. The molecule has 3 N–H and O–H groups in total. The number of H-pyrrole nitrogens is 1. The van der Waals surface area contributed by atoms with Crippen molar-refractivity contribution in [3.63, 3.8) is 0 Å². The lowest BCUT2D eigenvalue weighted by molar-refractivity contribution is -0.0534. The molecule has 8 nitrogen and oxygen atoms in total. The number of rotatable bonds is 3. The van der Waals surface area contributed by atoms with Gasteiger partial charge < -0.3 is 19.8 Å². The van der Waals surface area contributed by atoms with E-state index in [1.165, 1.54) is 6.20 Å². The number of hydrogen-bond acceptors (Lipinski definition) is 5. The summed E-state index contributed by atoms with van der Waals surface area (Å²) >= 11 is 0. The normalized spacial score (nSPS) is 30.2. The Balaban J connectivity index is 2.34. The highest BCUT2D eigenvalue weighted by atomic mass is 16.5. The van der Waals surface area contributed by atoms with Crippen molar-refractivity contribution in [1.82, 2.24) is 9.55 Å². The molecule has 1 aromatic heterocycles. The van der Waals surface area contributed by atoms with Crippen LogP contribution < -0.4 is 11.2 Å². The zero-order chi connectivity index (χ0) is 14.0. The average molecular weight is 267 g/mol. The van der Waals surface area contributed by atoms with E-state index >= 15 is 0 Å². The molecule has 4 atom stereocenters. The summed E-state index contributed by atoms with van der Waals surface area (Å²) in [6.07, 6.45) is -1.62. The molecule has 0 aliphatic carbocycles. The molecule has 1 fully saturated rings. The number of ether oxygens (including phenoxy) is 1. The maximum absolute atomic E-state index is 11.6. The summed E-state index contributed by atoms with van der Waals surface area (Å²) in [5.41, 5.74) is -1.26. The highest BCUT2D eigenvalue weighted by Gasteiger charge is 2.46. The Bertz CT molecular complexity index is 601. The lowest BCUT2D eigenvalue weighted by Gasteiger charge is -2.16. The van der Waals surface area contributed by atoms with Crippen molar-refractivity contribution >= 4 is 0 Å². The first-order valence-corrected chi connectivity index (χ1v) is 5.67. The third-order valence-corrected chi connectivity index (χ3v) is 3.13. The first kappa shape index (κ1) is 13.5. The molecule has 102 valence electrons. The first-order valence-electron chi connectivity index (χ1n) is 5.67. The van der Waals surface area contributed by atoms with Crippen molar-refractivity contribution in [2.75, 3.05) is 13.2 Å². The predicted octanol–water partition coefficient (Wildman–Crippen LogP) is -1.68. The van der Waals surface area contributed by atoms with E-state index in [1.807, 2.05) is 0 Å². The highest BCUT2D eigenvalue weighted by Crippen LogP contribution is 2.33. The van der Waals surface area contributed by atoms with E-state index < -0.39 is 35.6 Å². The van der Waals surface area contributed by atoms with E-state index in [-0.39, 0.29) is 13.2 Å². The van der Waals surface area contributed by atoms with Crippen LogP contribution in [0.4, 0.5) is 0 Å². The van der Waals surface area contributed by atoms with Crippen LogP contribution in [0.1, 0.15) is 6.23 Å². The van der Waals surface area contributed by atoms with Crippen LogP contribution in [0, 0.1) is 12.5 Å². The van der Waals surface area contributed by atoms with Gasteiger partial charge in [-0.1, -0.05) is 0 Å². The lowest BCUT2D eigenvalue weighted by atomic mass is 9.98. The van der Waals surface area contributed by atoms with E-state index in [4.69, 9.17) is 11.3 Å². The molecule has 1 saturated heterocycles. The van der Waals surface area contributed by atoms with Crippen LogP contribution in [0.3, 0.4) is 0 Å². The van der Waals surface area contributed by atoms with Gasteiger partial charge in [0.25, 0.3) is 5.56 Å². The molecule has 0 saturated carbocycles. The summed E-state index contributed by atoms with van der Waals surface area (Å²) in [6.45, 7) is 6.46. The van der Waals surface area contributed by atoms with Gasteiger partial charge in [0.1, 0.15) is 6.10 Å². The van der Waals surface area contributed by atoms with Crippen molar-refractivity contribution < 1.29 is 14.9 Å². The van der Waals surface area contributed by atoms with Crippen LogP contribution in [0.5, 0.6) is 0 Å². The topological polar surface area (TPSA) is 109 Å². The number of aromatic nitrogens is 2. The van der Waals surface area contributed by atoms with Gasteiger partial charge >= 0.3 is 5.69 Å². The number of aromatic amines is 1. The second-order valence-corrected chi connectivity index (χ2v) is 4.26. The van der Waals surface area contributed by atoms with E-state index in [2.05, 4.69) is 9.83 Å². The molecule has 0 amide bonds. The fraction of sp³-hybridized carbons (Fsp3) is 0.545. The van der Waals surface area contributed by atoms with Crippen molar-refractivity contribution in [3.8, 4) is 0 Å². The van der Waals surface area contributed by atoms with Crippen molar-refractivity contribution in [3.05, 3.63) is 44.5 Å². The fourth-order valence-electron chi connectivity index (χ4n) is 2.16. The van der Waals surface area contributed by atoms with Crippen molar-refractivity contribution in [2.45, 2.75) is 18.4 Å². The first-order chi connectivity index (χ1) is 9.08. The summed E-state index contributed by atoms with van der Waals surface area (Å²) in [5, 5.41) is 19.3. The summed E-state index contributed by atoms with van der Waals surface area (Å²) < 4.78 is 6.43. The number of nitrogens with one attached hydrogen (secondary N) is 1. The van der Waals surface area contributed by atoms with Crippen LogP contribution in [-0.4, -0.2) is 45.1 Å². The fourth-order valence-corrected chi connectivity index (χ4v) is 2.16. The molecule has 2 heterocycles. The van der Waals surface area contributed by atoms with Gasteiger partial charge in [-0.2, -0.15) is 0 Å². The van der Waals surface area contributed by atoms with Crippen LogP contribution in [-0.2, 0) is 4.74 Å². The molecule has 1 aliphatic rings. The summed E-state index contributed by atoms with van der Waals surface area (Å²) in [7, 11) is 0.